The van der Waals surface area contributed by atoms with Crippen LogP contribution in [0.4, 0.5) is 4.39 Å². The summed E-state index contributed by atoms with van der Waals surface area (Å²) >= 11 is 0. The summed E-state index contributed by atoms with van der Waals surface area (Å²) in [6.45, 7) is 0. The maximum atomic E-state index is 12.5. The first-order valence-electron chi connectivity index (χ1n) is 2.69. The van der Waals surface area contributed by atoms with E-state index < -0.39 is 11.8 Å². The van der Waals surface area contributed by atoms with Crippen LogP contribution in [0, 0.1) is 5.82 Å². The molecular formula is C7H6FLiO2. The van der Waals surface area contributed by atoms with Crippen LogP contribution in [0.2, 0.25) is 0 Å². The van der Waals surface area contributed by atoms with E-state index >= 15 is 0 Å². The molecule has 0 aromatic heterocycles. The molecule has 0 saturated carbocycles. The van der Waals surface area contributed by atoms with Crippen LogP contribution in [-0.4, -0.2) is 11.1 Å². The molecule has 1 N–H and O–H groups in total. The van der Waals surface area contributed by atoms with Crippen LogP contribution in [0.1, 0.15) is 11.8 Å². The van der Waals surface area contributed by atoms with Crippen molar-refractivity contribution in [1.29, 1.82) is 0 Å². The number of carbonyl (C=O) groups is 1. The standard InChI is InChI=1S/C7H5FO2.Li.H/c8-6-4-2-1-3-5(6)7(9)10;;/h1-4H,(H,9,10);;/q;+1;-1. The topological polar surface area (TPSA) is 37.3 Å². The molecule has 4 heteroatoms. The van der Waals surface area contributed by atoms with E-state index in [9.17, 15) is 9.18 Å². The Labute approximate surface area is 76.7 Å². The van der Waals surface area contributed by atoms with Gasteiger partial charge in [0, 0.05) is 0 Å². The van der Waals surface area contributed by atoms with Gasteiger partial charge in [-0.2, -0.15) is 0 Å². The Hall–Kier alpha value is -0.783. The average molecular weight is 148 g/mol. The Bertz CT molecular complexity index is 267. The summed E-state index contributed by atoms with van der Waals surface area (Å²) in [6.07, 6.45) is 0. The molecule has 11 heavy (non-hydrogen) atoms. The van der Waals surface area contributed by atoms with E-state index in [1.54, 1.807) is 0 Å². The fourth-order valence-corrected chi connectivity index (χ4v) is 0.635. The predicted octanol–water partition coefficient (Wildman–Crippen LogP) is -1.36. The van der Waals surface area contributed by atoms with Gasteiger partial charge in [0.2, 0.25) is 0 Å². The van der Waals surface area contributed by atoms with Crippen LogP contribution in [0.5, 0.6) is 0 Å². The number of aromatic carboxylic acids is 1. The smallest absolute Gasteiger partial charge is 1.00 e. The molecule has 0 atom stereocenters. The van der Waals surface area contributed by atoms with Crippen LogP contribution < -0.4 is 18.9 Å². The second-order valence-electron chi connectivity index (χ2n) is 1.78. The fourth-order valence-electron chi connectivity index (χ4n) is 0.635. The Kier molecular flexibility index (Phi) is 3.87. The van der Waals surface area contributed by atoms with Gasteiger partial charge >= 0.3 is 24.8 Å². The minimum Gasteiger partial charge on any atom is -1.00 e. The van der Waals surface area contributed by atoms with Crippen molar-refractivity contribution in [2.24, 2.45) is 0 Å². The third-order valence-electron chi connectivity index (χ3n) is 1.10. The molecule has 0 heterocycles. The van der Waals surface area contributed by atoms with Gasteiger partial charge in [0.15, 0.2) is 0 Å². The van der Waals surface area contributed by atoms with Gasteiger partial charge in [-0.1, -0.05) is 12.1 Å². The molecule has 0 aliphatic heterocycles. The van der Waals surface area contributed by atoms with E-state index in [2.05, 4.69) is 0 Å². The summed E-state index contributed by atoms with van der Waals surface area (Å²) in [6, 6.07) is 5.26. The number of rotatable bonds is 1. The largest absolute Gasteiger partial charge is 1.00 e. The van der Waals surface area contributed by atoms with E-state index in [1.807, 2.05) is 0 Å². The molecule has 1 rings (SSSR count). The second kappa shape index (κ2) is 4.17. The van der Waals surface area contributed by atoms with Gasteiger partial charge in [-0.15, -0.1) is 0 Å². The molecule has 0 unspecified atom stereocenters. The summed E-state index contributed by atoms with van der Waals surface area (Å²) in [7, 11) is 0. The molecular weight excluding hydrogens is 142 g/mol. The van der Waals surface area contributed by atoms with Crippen LogP contribution in [0.3, 0.4) is 0 Å². The number of carboxylic acid groups (broad SMARTS) is 1. The van der Waals surface area contributed by atoms with Crippen molar-refractivity contribution in [3.8, 4) is 0 Å². The zero-order valence-electron chi connectivity index (χ0n) is 7.04. The van der Waals surface area contributed by atoms with Gasteiger partial charge in [0.05, 0.1) is 5.56 Å². The second-order valence-corrected chi connectivity index (χ2v) is 1.78. The molecule has 0 spiro atoms. The predicted molar refractivity (Wildman–Crippen MR) is 34.5 cm³/mol. The monoisotopic (exact) mass is 148 g/mol. The van der Waals surface area contributed by atoms with Crippen LogP contribution >= 0.6 is 0 Å². The number of hydrogen-bond acceptors (Lipinski definition) is 1. The first kappa shape index (κ1) is 10.2. The number of hydrogen-bond donors (Lipinski definition) is 1. The van der Waals surface area contributed by atoms with Gasteiger partial charge in [0.25, 0.3) is 0 Å². The maximum Gasteiger partial charge on any atom is 1.00 e. The Morgan fingerprint density at radius 2 is 2.00 bits per heavy atom. The zero-order valence-corrected chi connectivity index (χ0v) is 6.04. The third kappa shape index (κ3) is 2.38. The molecule has 0 radical (unpaired) electrons. The number of carboxylic acids is 1. The Morgan fingerprint density at radius 3 is 2.36 bits per heavy atom. The van der Waals surface area contributed by atoms with Crippen molar-refractivity contribution in [2.45, 2.75) is 0 Å². The molecule has 2 nitrogen and oxygen atoms in total. The SMILES string of the molecule is O=C(O)c1ccccc1F.[H-].[Li+]. The van der Waals surface area contributed by atoms with Crippen LogP contribution in [0.15, 0.2) is 24.3 Å². The number of benzene rings is 1. The molecule has 1 aromatic carbocycles. The number of halogens is 1. The molecule has 0 fully saturated rings. The molecule has 0 aliphatic carbocycles. The van der Waals surface area contributed by atoms with Crippen molar-refractivity contribution >= 4 is 5.97 Å². The van der Waals surface area contributed by atoms with E-state index in [0.29, 0.717) is 0 Å². The van der Waals surface area contributed by atoms with Gasteiger partial charge in [-0.05, 0) is 12.1 Å². The molecule has 0 aliphatic rings. The zero-order chi connectivity index (χ0) is 7.56. The summed E-state index contributed by atoms with van der Waals surface area (Å²) in [5.74, 6) is -1.94. The molecule has 0 saturated heterocycles. The molecule has 0 bridgehead atoms. The van der Waals surface area contributed by atoms with Gasteiger partial charge in [-0.3, -0.25) is 0 Å². The summed E-state index contributed by atoms with van der Waals surface area (Å²) in [4.78, 5) is 10.2. The maximum absolute atomic E-state index is 12.5. The van der Waals surface area contributed by atoms with Crippen molar-refractivity contribution in [1.82, 2.24) is 0 Å². The normalized spacial score (nSPS) is 8.45. The first-order chi connectivity index (χ1) is 4.72. The average Bonchev–Trinajstić information content (AvgIpc) is 1.88. The fraction of sp³-hybridized carbons (Fsp3) is 0. The quantitative estimate of drug-likeness (QED) is 0.499. The van der Waals surface area contributed by atoms with Crippen molar-refractivity contribution in [3.63, 3.8) is 0 Å². The van der Waals surface area contributed by atoms with E-state index in [-0.39, 0.29) is 25.9 Å². The van der Waals surface area contributed by atoms with Crippen molar-refractivity contribution in [2.75, 3.05) is 0 Å². The third-order valence-corrected chi connectivity index (χ3v) is 1.10. The Morgan fingerprint density at radius 1 is 1.45 bits per heavy atom. The van der Waals surface area contributed by atoms with Gasteiger partial charge in [0.1, 0.15) is 5.82 Å². The van der Waals surface area contributed by atoms with E-state index in [0.717, 1.165) is 6.07 Å². The molecule has 54 valence electrons. The molecule has 1 aromatic rings. The van der Waals surface area contributed by atoms with Crippen molar-refractivity contribution < 1.29 is 34.6 Å². The van der Waals surface area contributed by atoms with Crippen LogP contribution in [-0.2, 0) is 0 Å². The Balaban J connectivity index is 0. The first-order valence-corrected chi connectivity index (χ1v) is 2.69. The molecule has 0 amide bonds. The minimum absolute atomic E-state index is 0. The van der Waals surface area contributed by atoms with E-state index in [1.165, 1.54) is 18.2 Å². The van der Waals surface area contributed by atoms with Crippen molar-refractivity contribution in [3.05, 3.63) is 35.6 Å². The van der Waals surface area contributed by atoms with E-state index in [4.69, 9.17) is 5.11 Å². The van der Waals surface area contributed by atoms with Crippen LogP contribution in [0.25, 0.3) is 0 Å². The minimum atomic E-state index is -1.24. The summed E-state index contributed by atoms with van der Waals surface area (Å²) in [5.41, 5.74) is -0.289. The van der Waals surface area contributed by atoms with Gasteiger partial charge < -0.3 is 6.53 Å². The van der Waals surface area contributed by atoms with Gasteiger partial charge in [-0.25, -0.2) is 9.18 Å². The summed E-state index contributed by atoms with van der Waals surface area (Å²) < 4.78 is 12.5. The summed E-state index contributed by atoms with van der Waals surface area (Å²) in [5, 5.41) is 8.33.